The zero-order valence-electron chi connectivity index (χ0n) is 20.3. The lowest BCUT2D eigenvalue weighted by atomic mass is 9.81. The molecule has 0 aliphatic carbocycles. The van der Waals surface area contributed by atoms with Crippen molar-refractivity contribution >= 4 is 17.7 Å². The first kappa shape index (κ1) is 25.1. The minimum absolute atomic E-state index is 0.0665. The highest BCUT2D eigenvalue weighted by molar-refractivity contribution is 7.98. The molecule has 1 saturated heterocycles. The molecule has 2 atom stereocenters. The monoisotopic (exact) mass is 495 g/mol. The molecular weight excluding hydrogens is 462 g/mol. The molecule has 3 aromatic rings. The topological polar surface area (TPSA) is 85.6 Å². The van der Waals surface area contributed by atoms with Crippen LogP contribution in [0.25, 0.3) is 0 Å². The van der Waals surface area contributed by atoms with Crippen LogP contribution in [0.4, 0.5) is 0 Å². The highest BCUT2D eigenvalue weighted by atomic mass is 32.2. The van der Waals surface area contributed by atoms with Gasteiger partial charge in [-0.1, -0.05) is 29.4 Å². The fraction of sp³-hybridized carbons (Fsp3) is 0.407. The van der Waals surface area contributed by atoms with Crippen LogP contribution in [0.1, 0.15) is 29.9 Å². The molecule has 35 heavy (non-hydrogen) atoms. The van der Waals surface area contributed by atoms with Crippen molar-refractivity contribution in [3.05, 3.63) is 71.6 Å². The number of amides is 1. The molecule has 1 fully saturated rings. The minimum Gasteiger partial charge on any atom is -0.493 e. The molecule has 0 saturated carbocycles. The Bertz CT molecular complexity index is 1090. The molecule has 0 spiro atoms. The number of piperidine rings is 1. The Hall–Kier alpha value is -2.97. The molecular formula is C27H33N3O4S. The summed E-state index contributed by atoms with van der Waals surface area (Å²) in [6, 6.07) is 18.0. The summed E-state index contributed by atoms with van der Waals surface area (Å²) in [6.45, 7) is 2.27. The Morgan fingerprint density at radius 3 is 2.74 bits per heavy atom. The summed E-state index contributed by atoms with van der Waals surface area (Å²) in [5.74, 6) is 3.68. The van der Waals surface area contributed by atoms with Crippen molar-refractivity contribution in [3.8, 4) is 11.5 Å². The number of thioether (sulfide) groups is 1. The molecule has 1 aromatic heterocycles. The van der Waals surface area contributed by atoms with E-state index < -0.39 is 0 Å². The van der Waals surface area contributed by atoms with Crippen LogP contribution in [-0.4, -0.2) is 38.4 Å². The lowest BCUT2D eigenvalue weighted by molar-refractivity contribution is -0.122. The van der Waals surface area contributed by atoms with Gasteiger partial charge >= 0.3 is 0 Å². The van der Waals surface area contributed by atoms with Gasteiger partial charge in [-0.3, -0.25) is 4.79 Å². The van der Waals surface area contributed by atoms with Crippen molar-refractivity contribution in [2.24, 2.45) is 11.8 Å². The van der Waals surface area contributed by atoms with E-state index in [0.717, 1.165) is 48.7 Å². The summed E-state index contributed by atoms with van der Waals surface area (Å²) in [7, 11) is 3.22. The summed E-state index contributed by atoms with van der Waals surface area (Å²) in [5, 5.41) is 10.8. The van der Waals surface area contributed by atoms with Crippen LogP contribution in [0.5, 0.6) is 11.5 Å². The molecule has 1 amide bonds. The molecule has 0 unspecified atom stereocenters. The van der Waals surface area contributed by atoms with E-state index in [1.54, 1.807) is 26.0 Å². The Balaban J connectivity index is 1.28. The van der Waals surface area contributed by atoms with Crippen molar-refractivity contribution < 1.29 is 18.8 Å². The molecule has 7 nitrogen and oxygen atoms in total. The maximum Gasteiger partial charge on any atom is 0.220 e. The Kier molecular flexibility index (Phi) is 9.08. The van der Waals surface area contributed by atoms with Crippen LogP contribution in [0, 0.1) is 11.8 Å². The van der Waals surface area contributed by atoms with Gasteiger partial charge in [-0.2, -0.15) is 0 Å². The van der Waals surface area contributed by atoms with E-state index in [2.05, 4.69) is 34.0 Å². The van der Waals surface area contributed by atoms with Crippen LogP contribution in [0.15, 0.2) is 64.0 Å². The number of aromatic nitrogens is 1. The molecule has 2 aromatic carbocycles. The normalized spacial score (nSPS) is 17.7. The summed E-state index contributed by atoms with van der Waals surface area (Å²) >= 11 is 1.74. The van der Waals surface area contributed by atoms with Crippen LogP contribution >= 0.6 is 11.8 Å². The number of carbonyl (C=O) groups is 1. The summed E-state index contributed by atoms with van der Waals surface area (Å²) in [4.78, 5) is 14.0. The van der Waals surface area contributed by atoms with Crippen LogP contribution in [0.2, 0.25) is 0 Å². The quantitative estimate of drug-likeness (QED) is 0.380. The molecule has 4 rings (SSSR count). The number of nitrogens with one attached hydrogen (secondary N) is 2. The van der Waals surface area contributed by atoms with Gasteiger partial charge < -0.3 is 24.6 Å². The highest BCUT2D eigenvalue weighted by Gasteiger charge is 2.28. The van der Waals surface area contributed by atoms with Crippen LogP contribution in [0.3, 0.4) is 0 Å². The number of benzene rings is 2. The van der Waals surface area contributed by atoms with Gasteiger partial charge in [0.15, 0.2) is 11.5 Å². The first-order valence-electron chi connectivity index (χ1n) is 11.9. The second kappa shape index (κ2) is 12.7. The average molecular weight is 496 g/mol. The van der Waals surface area contributed by atoms with Crippen molar-refractivity contribution in [3.63, 3.8) is 0 Å². The van der Waals surface area contributed by atoms with Gasteiger partial charge in [-0.15, -0.1) is 11.8 Å². The predicted molar refractivity (Wildman–Crippen MR) is 137 cm³/mol. The second-order valence-corrected chi connectivity index (χ2v) is 9.82. The van der Waals surface area contributed by atoms with Gasteiger partial charge in [0, 0.05) is 23.9 Å². The van der Waals surface area contributed by atoms with Crippen LogP contribution in [-0.2, 0) is 23.5 Å². The second-order valence-electron chi connectivity index (χ2n) is 8.77. The van der Waals surface area contributed by atoms with Crippen molar-refractivity contribution in [2.75, 3.05) is 27.3 Å². The van der Waals surface area contributed by atoms with E-state index in [4.69, 9.17) is 14.0 Å². The van der Waals surface area contributed by atoms with Gasteiger partial charge in [-0.05, 0) is 67.6 Å². The third-order valence-electron chi connectivity index (χ3n) is 6.35. The van der Waals surface area contributed by atoms with Crippen molar-refractivity contribution in [1.82, 2.24) is 15.8 Å². The molecule has 1 aliphatic rings. The van der Waals surface area contributed by atoms with E-state index in [-0.39, 0.29) is 5.91 Å². The van der Waals surface area contributed by atoms with E-state index >= 15 is 0 Å². The van der Waals surface area contributed by atoms with E-state index in [1.807, 2.05) is 36.4 Å². The van der Waals surface area contributed by atoms with Crippen molar-refractivity contribution in [2.45, 2.75) is 36.5 Å². The van der Waals surface area contributed by atoms with Gasteiger partial charge in [0.2, 0.25) is 5.91 Å². The number of hydrogen-bond donors (Lipinski definition) is 2. The first-order valence-corrected chi connectivity index (χ1v) is 12.9. The standard InChI is InChI=1S/C27H33N3O4S/c1-32-25-9-8-19(12-26(25)33-2)16-29-27(31)14-20-10-11-28-17-21(20)13-22-15-23(34-30-22)18-35-24-6-4-3-5-7-24/h3-9,12,15,20-21,28H,10-11,13-14,16-18H2,1-2H3,(H,29,31)/t20-,21-/m0/s1. The smallest absolute Gasteiger partial charge is 0.220 e. The molecule has 8 heteroatoms. The molecule has 186 valence electrons. The Morgan fingerprint density at radius 1 is 1.11 bits per heavy atom. The summed E-state index contributed by atoms with van der Waals surface area (Å²) in [6.07, 6.45) is 2.29. The number of rotatable bonds is 11. The third-order valence-corrected chi connectivity index (χ3v) is 7.39. The molecule has 0 bridgehead atoms. The largest absolute Gasteiger partial charge is 0.493 e. The van der Waals surface area contributed by atoms with Gasteiger partial charge in [0.05, 0.1) is 25.7 Å². The van der Waals surface area contributed by atoms with E-state index in [0.29, 0.717) is 36.3 Å². The number of hydrogen-bond acceptors (Lipinski definition) is 7. The molecule has 2 heterocycles. The molecule has 1 aliphatic heterocycles. The lowest BCUT2D eigenvalue weighted by Crippen LogP contribution is -2.40. The third kappa shape index (κ3) is 7.26. The summed E-state index contributed by atoms with van der Waals surface area (Å²) < 4.78 is 16.2. The fourth-order valence-electron chi connectivity index (χ4n) is 4.45. The van der Waals surface area contributed by atoms with Crippen LogP contribution < -0.4 is 20.1 Å². The fourth-order valence-corrected chi connectivity index (χ4v) is 5.24. The van der Waals surface area contributed by atoms with E-state index in [9.17, 15) is 4.79 Å². The summed E-state index contributed by atoms with van der Waals surface area (Å²) in [5.41, 5.74) is 1.93. The van der Waals surface area contributed by atoms with Gasteiger partial charge in [0.1, 0.15) is 5.76 Å². The Morgan fingerprint density at radius 2 is 1.94 bits per heavy atom. The zero-order chi connectivity index (χ0) is 24.5. The predicted octanol–water partition coefficient (Wildman–Crippen LogP) is 4.46. The van der Waals surface area contributed by atoms with Gasteiger partial charge in [0.25, 0.3) is 0 Å². The molecule has 2 N–H and O–H groups in total. The van der Waals surface area contributed by atoms with Gasteiger partial charge in [-0.25, -0.2) is 0 Å². The maximum absolute atomic E-state index is 12.8. The maximum atomic E-state index is 12.8. The minimum atomic E-state index is 0.0665. The number of nitrogens with zero attached hydrogens (tertiary/aromatic N) is 1. The van der Waals surface area contributed by atoms with E-state index in [1.165, 1.54) is 4.90 Å². The average Bonchev–Trinajstić information content (AvgIpc) is 3.35. The SMILES string of the molecule is COc1ccc(CNC(=O)C[C@@H]2CCNC[C@@H]2Cc2cc(CSc3ccccc3)on2)cc1OC. The molecule has 0 radical (unpaired) electrons. The first-order chi connectivity index (χ1) is 17.1. The number of ether oxygens (including phenoxy) is 2. The number of methoxy groups -OCH3 is 2. The lowest BCUT2D eigenvalue weighted by Gasteiger charge is -2.31. The zero-order valence-corrected chi connectivity index (χ0v) is 21.1. The Labute approximate surface area is 210 Å². The highest BCUT2D eigenvalue weighted by Crippen LogP contribution is 2.29. The van der Waals surface area contributed by atoms with Crippen molar-refractivity contribution in [1.29, 1.82) is 0 Å². The number of carbonyl (C=O) groups excluding carboxylic acids is 1.